The maximum Gasteiger partial charge on any atom is 0.122 e. The van der Waals surface area contributed by atoms with E-state index < -0.39 is 0 Å². The molecule has 0 unspecified atom stereocenters. The Morgan fingerprint density at radius 2 is 1.59 bits per heavy atom. The molecule has 0 heterocycles. The quantitative estimate of drug-likeness (QED) is 0.727. The maximum atomic E-state index is 5.53. The highest BCUT2D eigenvalue weighted by Crippen LogP contribution is 2.32. The third-order valence-corrected chi connectivity index (χ3v) is 2.87. The topological polar surface area (TPSA) is 9.23 Å². The first-order chi connectivity index (χ1) is 7.63. The average Bonchev–Trinajstić information content (AvgIpc) is 2.14. The van der Waals surface area contributed by atoms with Gasteiger partial charge >= 0.3 is 0 Å². The van der Waals surface area contributed by atoms with Gasteiger partial charge in [-0.05, 0) is 34.4 Å². The number of ether oxygens (including phenoxy) is 1. The lowest BCUT2D eigenvalue weighted by Gasteiger charge is -2.23. The van der Waals surface area contributed by atoms with Crippen LogP contribution in [0.5, 0.6) is 5.75 Å². The van der Waals surface area contributed by atoms with Crippen molar-refractivity contribution in [2.24, 2.45) is 5.41 Å². The van der Waals surface area contributed by atoms with Crippen LogP contribution in [0.3, 0.4) is 0 Å². The largest absolute Gasteiger partial charge is 0.496 e. The molecule has 0 aliphatic heterocycles. The summed E-state index contributed by atoms with van der Waals surface area (Å²) in [5.41, 5.74) is 3.09. The van der Waals surface area contributed by atoms with Gasteiger partial charge in [-0.25, -0.2) is 0 Å². The van der Waals surface area contributed by atoms with Gasteiger partial charge in [0.15, 0.2) is 0 Å². The fourth-order valence-corrected chi connectivity index (χ4v) is 1.93. The Morgan fingerprint density at radius 1 is 1.00 bits per heavy atom. The van der Waals surface area contributed by atoms with E-state index in [1.165, 1.54) is 11.1 Å². The molecule has 1 aromatic carbocycles. The minimum atomic E-state index is 0.174. The van der Waals surface area contributed by atoms with Gasteiger partial charge in [0.1, 0.15) is 5.75 Å². The van der Waals surface area contributed by atoms with Gasteiger partial charge in [0.05, 0.1) is 7.11 Å². The molecule has 0 atom stereocenters. The van der Waals surface area contributed by atoms with Gasteiger partial charge in [0, 0.05) is 0 Å². The second-order valence-corrected chi connectivity index (χ2v) is 7.01. The molecule has 96 valence electrons. The van der Waals surface area contributed by atoms with Crippen molar-refractivity contribution in [1.29, 1.82) is 0 Å². The van der Waals surface area contributed by atoms with Crippen molar-refractivity contribution >= 4 is 0 Å². The number of methoxy groups -OCH3 is 1. The number of hydrogen-bond donors (Lipinski definition) is 0. The van der Waals surface area contributed by atoms with E-state index in [1.807, 2.05) is 0 Å². The highest BCUT2D eigenvalue weighted by atomic mass is 16.5. The fourth-order valence-electron chi connectivity index (χ4n) is 1.93. The second-order valence-electron chi connectivity index (χ2n) is 7.01. The maximum absolute atomic E-state index is 5.53. The van der Waals surface area contributed by atoms with E-state index in [0.29, 0.717) is 0 Å². The Labute approximate surface area is 106 Å². The summed E-state index contributed by atoms with van der Waals surface area (Å²) in [6, 6.07) is 6.62. The molecule has 0 bridgehead atoms. The molecule has 1 rings (SSSR count). The van der Waals surface area contributed by atoms with Crippen LogP contribution in [-0.4, -0.2) is 7.11 Å². The molecule has 0 saturated heterocycles. The molecule has 0 fully saturated rings. The van der Waals surface area contributed by atoms with E-state index in [1.54, 1.807) is 7.11 Å². The van der Waals surface area contributed by atoms with Gasteiger partial charge in [-0.15, -0.1) is 0 Å². The van der Waals surface area contributed by atoms with E-state index >= 15 is 0 Å². The Bertz CT molecular complexity index is 377. The summed E-state index contributed by atoms with van der Waals surface area (Å²) < 4.78 is 5.53. The van der Waals surface area contributed by atoms with Crippen LogP contribution in [0.2, 0.25) is 0 Å². The van der Waals surface area contributed by atoms with Crippen LogP contribution in [-0.2, 0) is 11.8 Å². The van der Waals surface area contributed by atoms with Crippen molar-refractivity contribution in [3.8, 4) is 5.75 Å². The lowest BCUT2D eigenvalue weighted by Crippen LogP contribution is -2.13. The molecule has 1 aromatic rings. The third-order valence-electron chi connectivity index (χ3n) is 2.87. The van der Waals surface area contributed by atoms with Crippen LogP contribution < -0.4 is 4.74 Å². The van der Waals surface area contributed by atoms with Crippen LogP contribution >= 0.6 is 0 Å². The minimum absolute atomic E-state index is 0.174. The summed E-state index contributed by atoms with van der Waals surface area (Å²) in [4.78, 5) is 0. The molecule has 0 radical (unpaired) electrons. The van der Waals surface area contributed by atoms with Gasteiger partial charge in [-0.2, -0.15) is 0 Å². The van der Waals surface area contributed by atoms with Gasteiger partial charge in [-0.1, -0.05) is 53.7 Å². The molecule has 1 nitrogen and oxygen atoms in total. The molecular weight excluding hydrogens is 208 g/mol. The average molecular weight is 234 g/mol. The smallest absolute Gasteiger partial charge is 0.122 e. The number of benzene rings is 1. The van der Waals surface area contributed by atoms with Gasteiger partial charge in [-0.3, -0.25) is 0 Å². The lowest BCUT2D eigenvalue weighted by atomic mass is 9.83. The summed E-state index contributed by atoms with van der Waals surface area (Å²) in [6.45, 7) is 13.4. The van der Waals surface area contributed by atoms with E-state index in [-0.39, 0.29) is 10.8 Å². The summed E-state index contributed by atoms with van der Waals surface area (Å²) in [7, 11) is 1.76. The normalized spacial score (nSPS) is 12.6. The Balaban J connectivity index is 3.10. The predicted molar refractivity (Wildman–Crippen MR) is 74.9 cm³/mol. The van der Waals surface area contributed by atoms with Crippen molar-refractivity contribution in [3.63, 3.8) is 0 Å². The third kappa shape index (κ3) is 4.07. The van der Waals surface area contributed by atoms with E-state index in [2.05, 4.69) is 59.7 Å². The SMILES string of the molecule is COc1cc(C(C)(C)C)ccc1CC(C)(C)C. The number of hydrogen-bond acceptors (Lipinski definition) is 1. The molecule has 0 saturated carbocycles. The van der Waals surface area contributed by atoms with E-state index in [9.17, 15) is 0 Å². The predicted octanol–water partition coefficient (Wildman–Crippen LogP) is 4.58. The van der Waals surface area contributed by atoms with Crippen molar-refractivity contribution in [2.75, 3.05) is 7.11 Å². The van der Waals surface area contributed by atoms with Crippen molar-refractivity contribution in [1.82, 2.24) is 0 Å². The number of rotatable bonds is 2. The second kappa shape index (κ2) is 4.72. The first-order valence-electron chi connectivity index (χ1n) is 6.31. The summed E-state index contributed by atoms with van der Waals surface area (Å²) in [6.07, 6.45) is 1.04. The van der Waals surface area contributed by atoms with Crippen molar-refractivity contribution in [3.05, 3.63) is 29.3 Å². The van der Waals surface area contributed by atoms with Gasteiger partial charge < -0.3 is 4.74 Å². The molecule has 0 amide bonds. The first kappa shape index (κ1) is 14.1. The van der Waals surface area contributed by atoms with Crippen LogP contribution in [0.15, 0.2) is 18.2 Å². The standard InChI is InChI=1S/C16H26O/c1-15(2,3)11-12-8-9-13(16(4,5)6)10-14(12)17-7/h8-10H,11H2,1-7H3. The summed E-state index contributed by atoms with van der Waals surface area (Å²) in [5.74, 6) is 1.02. The molecule has 0 aromatic heterocycles. The molecule has 0 N–H and O–H groups in total. The van der Waals surface area contributed by atoms with Gasteiger partial charge in [0.2, 0.25) is 0 Å². The van der Waals surface area contributed by atoms with E-state index in [0.717, 1.165) is 12.2 Å². The van der Waals surface area contributed by atoms with E-state index in [4.69, 9.17) is 4.74 Å². The molecule has 0 spiro atoms. The van der Waals surface area contributed by atoms with Crippen molar-refractivity contribution < 1.29 is 4.74 Å². The Hall–Kier alpha value is -0.980. The summed E-state index contributed by atoms with van der Waals surface area (Å²) in [5, 5.41) is 0. The zero-order chi connectivity index (χ0) is 13.3. The monoisotopic (exact) mass is 234 g/mol. The molecule has 17 heavy (non-hydrogen) atoms. The fraction of sp³-hybridized carbons (Fsp3) is 0.625. The van der Waals surface area contributed by atoms with Crippen LogP contribution in [0.1, 0.15) is 52.7 Å². The molecular formula is C16H26O. The lowest BCUT2D eigenvalue weighted by molar-refractivity contribution is 0.377. The zero-order valence-corrected chi connectivity index (χ0v) is 12.3. The summed E-state index contributed by atoms with van der Waals surface area (Å²) >= 11 is 0. The Morgan fingerprint density at radius 3 is 2.00 bits per heavy atom. The molecule has 0 aliphatic rings. The minimum Gasteiger partial charge on any atom is -0.496 e. The molecule has 0 aliphatic carbocycles. The highest BCUT2D eigenvalue weighted by Gasteiger charge is 2.18. The van der Waals surface area contributed by atoms with Crippen LogP contribution in [0, 0.1) is 5.41 Å². The van der Waals surface area contributed by atoms with Crippen LogP contribution in [0.4, 0.5) is 0 Å². The Kier molecular flexibility index (Phi) is 3.91. The van der Waals surface area contributed by atoms with Gasteiger partial charge in [0.25, 0.3) is 0 Å². The molecule has 1 heteroatoms. The van der Waals surface area contributed by atoms with Crippen LogP contribution in [0.25, 0.3) is 0 Å². The first-order valence-corrected chi connectivity index (χ1v) is 6.31. The highest BCUT2D eigenvalue weighted by molar-refractivity contribution is 5.40. The van der Waals surface area contributed by atoms with Crippen molar-refractivity contribution in [2.45, 2.75) is 53.4 Å². The zero-order valence-electron chi connectivity index (χ0n) is 12.3.